The summed E-state index contributed by atoms with van der Waals surface area (Å²) in [5.41, 5.74) is 8.88. The highest BCUT2D eigenvalue weighted by atomic mass is 15.1. The fraction of sp³-hybridized carbons (Fsp3) is 0.357. The lowest BCUT2D eigenvalue weighted by molar-refractivity contribution is 0.639. The van der Waals surface area contributed by atoms with Gasteiger partial charge in [-0.15, -0.1) is 0 Å². The monoisotopic (exact) mass is 229 g/mol. The molecule has 0 spiro atoms. The Bertz CT molecular complexity index is 520. The van der Waals surface area contributed by atoms with E-state index in [9.17, 15) is 0 Å². The van der Waals surface area contributed by atoms with Gasteiger partial charge in [0.05, 0.1) is 23.1 Å². The average molecular weight is 229 g/mol. The van der Waals surface area contributed by atoms with Gasteiger partial charge in [-0.2, -0.15) is 0 Å². The van der Waals surface area contributed by atoms with Crippen LogP contribution in [0.5, 0.6) is 0 Å². The number of aromatic nitrogens is 1. The molecular formula is C14H19N3. The average Bonchev–Trinajstić information content (AvgIpc) is 2.27. The highest BCUT2D eigenvalue weighted by Gasteiger charge is 2.11. The van der Waals surface area contributed by atoms with E-state index in [2.05, 4.69) is 36.8 Å². The van der Waals surface area contributed by atoms with E-state index >= 15 is 0 Å². The summed E-state index contributed by atoms with van der Waals surface area (Å²) in [5.74, 6) is 0.603. The number of nitrogen functional groups attached to an aromatic ring is 1. The Hall–Kier alpha value is -1.77. The van der Waals surface area contributed by atoms with Gasteiger partial charge < -0.3 is 10.6 Å². The van der Waals surface area contributed by atoms with Crippen LogP contribution in [0.3, 0.4) is 0 Å². The van der Waals surface area contributed by atoms with Gasteiger partial charge >= 0.3 is 0 Å². The van der Waals surface area contributed by atoms with Crippen molar-refractivity contribution in [1.29, 1.82) is 0 Å². The van der Waals surface area contributed by atoms with Gasteiger partial charge in [0, 0.05) is 19.0 Å². The molecule has 0 aliphatic heterocycles. The van der Waals surface area contributed by atoms with Crippen molar-refractivity contribution in [3.8, 4) is 0 Å². The number of pyridine rings is 1. The smallest absolute Gasteiger partial charge is 0.0745 e. The van der Waals surface area contributed by atoms with Gasteiger partial charge in [-0.25, -0.2) is 0 Å². The molecule has 0 saturated heterocycles. The highest BCUT2D eigenvalue weighted by molar-refractivity contribution is 5.97. The third-order valence-corrected chi connectivity index (χ3v) is 2.80. The summed E-state index contributed by atoms with van der Waals surface area (Å²) in [7, 11) is 2.08. The van der Waals surface area contributed by atoms with Crippen molar-refractivity contribution in [3.05, 3.63) is 30.5 Å². The minimum Gasteiger partial charge on any atom is -0.396 e. The molecule has 3 nitrogen and oxygen atoms in total. The van der Waals surface area contributed by atoms with Gasteiger partial charge in [0.1, 0.15) is 0 Å². The van der Waals surface area contributed by atoms with E-state index in [1.807, 2.05) is 18.2 Å². The van der Waals surface area contributed by atoms with E-state index in [4.69, 9.17) is 5.73 Å². The van der Waals surface area contributed by atoms with Gasteiger partial charge in [-0.3, -0.25) is 4.98 Å². The molecule has 1 aromatic carbocycles. The third-order valence-electron chi connectivity index (χ3n) is 2.80. The first-order valence-electron chi connectivity index (χ1n) is 5.94. The van der Waals surface area contributed by atoms with Crippen molar-refractivity contribution in [2.75, 3.05) is 24.2 Å². The first kappa shape index (κ1) is 11.7. The molecule has 0 saturated carbocycles. The van der Waals surface area contributed by atoms with E-state index in [1.165, 1.54) is 0 Å². The van der Waals surface area contributed by atoms with Crippen molar-refractivity contribution in [2.24, 2.45) is 5.92 Å². The van der Waals surface area contributed by atoms with E-state index < -0.39 is 0 Å². The Morgan fingerprint density at radius 1 is 1.29 bits per heavy atom. The Kier molecular flexibility index (Phi) is 3.18. The van der Waals surface area contributed by atoms with Crippen LogP contribution >= 0.6 is 0 Å². The normalized spacial score (nSPS) is 11.1. The zero-order valence-electron chi connectivity index (χ0n) is 10.6. The van der Waals surface area contributed by atoms with Crippen LogP contribution in [0, 0.1) is 5.92 Å². The van der Waals surface area contributed by atoms with Gasteiger partial charge in [0.15, 0.2) is 0 Å². The maximum absolute atomic E-state index is 6.06. The summed E-state index contributed by atoms with van der Waals surface area (Å²) in [4.78, 5) is 6.56. The summed E-state index contributed by atoms with van der Waals surface area (Å²) >= 11 is 0. The molecule has 0 amide bonds. The molecule has 2 aromatic rings. The molecule has 1 aromatic heterocycles. The first-order chi connectivity index (χ1) is 8.09. The molecule has 0 atom stereocenters. The molecule has 0 aliphatic carbocycles. The molecule has 90 valence electrons. The summed E-state index contributed by atoms with van der Waals surface area (Å²) in [6.45, 7) is 5.39. The lowest BCUT2D eigenvalue weighted by Gasteiger charge is -2.24. The fourth-order valence-corrected chi connectivity index (χ4v) is 2.21. The van der Waals surface area contributed by atoms with Crippen molar-refractivity contribution in [3.63, 3.8) is 0 Å². The number of para-hydroxylation sites is 1. The van der Waals surface area contributed by atoms with Crippen molar-refractivity contribution < 1.29 is 0 Å². The molecule has 3 heteroatoms. The minimum atomic E-state index is 0.603. The second-order valence-electron chi connectivity index (χ2n) is 4.85. The Balaban J connectivity index is 2.54. The molecular weight excluding hydrogens is 210 g/mol. The molecule has 0 bridgehead atoms. The summed E-state index contributed by atoms with van der Waals surface area (Å²) in [6, 6.07) is 8.11. The Morgan fingerprint density at radius 3 is 2.71 bits per heavy atom. The SMILES string of the molecule is CC(C)CN(C)c1c(N)cnc2ccccc12. The molecule has 0 unspecified atom stereocenters. The predicted molar refractivity (Wildman–Crippen MR) is 74.3 cm³/mol. The molecule has 2 N–H and O–H groups in total. The van der Waals surface area contributed by atoms with E-state index in [1.54, 1.807) is 6.20 Å². The van der Waals surface area contributed by atoms with Crippen LogP contribution in [0.4, 0.5) is 11.4 Å². The quantitative estimate of drug-likeness (QED) is 0.880. The van der Waals surface area contributed by atoms with Gasteiger partial charge in [0.2, 0.25) is 0 Å². The number of nitrogens with two attached hydrogens (primary N) is 1. The minimum absolute atomic E-state index is 0.603. The Morgan fingerprint density at radius 2 is 2.00 bits per heavy atom. The van der Waals surface area contributed by atoms with Crippen molar-refractivity contribution in [2.45, 2.75) is 13.8 Å². The van der Waals surface area contributed by atoms with Crippen LogP contribution in [0.15, 0.2) is 30.5 Å². The maximum Gasteiger partial charge on any atom is 0.0745 e. The van der Waals surface area contributed by atoms with Crippen molar-refractivity contribution >= 4 is 22.3 Å². The van der Waals surface area contributed by atoms with Crippen molar-refractivity contribution in [1.82, 2.24) is 4.98 Å². The molecule has 2 rings (SSSR count). The number of anilines is 2. The largest absolute Gasteiger partial charge is 0.396 e. The zero-order valence-corrected chi connectivity index (χ0v) is 10.6. The zero-order chi connectivity index (χ0) is 12.4. The second-order valence-corrected chi connectivity index (χ2v) is 4.85. The molecule has 0 radical (unpaired) electrons. The van der Waals surface area contributed by atoms with Crippen LogP contribution < -0.4 is 10.6 Å². The first-order valence-corrected chi connectivity index (χ1v) is 5.94. The van der Waals surface area contributed by atoms with E-state index in [0.29, 0.717) is 5.92 Å². The van der Waals surface area contributed by atoms with E-state index in [0.717, 1.165) is 28.8 Å². The number of rotatable bonds is 3. The van der Waals surface area contributed by atoms with Crippen LogP contribution in [-0.2, 0) is 0 Å². The van der Waals surface area contributed by atoms with Gasteiger partial charge in [-0.05, 0) is 12.0 Å². The van der Waals surface area contributed by atoms with Crippen LogP contribution in [0.25, 0.3) is 10.9 Å². The fourth-order valence-electron chi connectivity index (χ4n) is 2.21. The summed E-state index contributed by atoms with van der Waals surface area (Å²) in [6.07, 6.45) is 1.74. The number of nitrogens with zero attached hydrogens (tertiary/aromatic N) is 2. The maximum atomic E-state index is 6.06. The number of benzene rings is 1. The predicted octanol–water partition coefficient (Wildman–Crippen LogP) is 2.91. The molecule has 1 heterocycles. The number of hydrogen-bond donors (Lipinski definition) is 1. The second kappa shape index (κ2) is 4.62. The van der Waals surface area contributed by atoms with Crippen LogP contribution in [0.2, 0.25) is 0 Å². The topological polar surface area (TPSA) is 42.1 Å². The number of hydrogen-bond acceptors (Lipinski definition) is 3. The van der Waals surface area contributed by atoms with Crippen LogP contribution in [-0.4, -0.2) is 18.6 Å². The van der Waals surface area contributed by atoms with Gasteiger partial charge in [-0.1, -0.05) is 32.0 Å². The standard InChI is InChI=1S/C14H19N3/c1-10(2)9-17(3)14-11-6-4-5-7-13(11)16-8-12(14)15/h4-8,10H,9,15H2,1-3H3. The lowest BCUT2D eigenvalue weighted by Crippen LogP contribution is -2.23. The summed E-state index contributed by atoms with van der Waals surface area (Å²) in [5, 5.41) is 1.12. The molecule has 17 heavy (non-hydrogen) atoms. The Labute approximate surface area is 102 Å². The molecule has 0 aliphatic rings. The highest BCUT2D eigenvalue weighted by Crippen LogP contribution is 2.30. The number of fused-ring (bicyclic) bond motifs is 1. The van der Waals surface area contributed by atoms with Gasteiger partial charge in [0.25, 0.3) is 0 Å². The molecule has 0 fully saturated rings. The third kappa shape index (κ3) is 2.33. The summed E-state index contributed by atoms with van der Waals surface area (Å²) < 4.78 is 0. The van der Waals surface area contributed by atoms with Crippen LogP contribution in [0.1, 0.15) is 13.8 Å². The van der Waals surface area contributed by atoms with E-state index in [-0.39, 0.29) is 0 Å². The lowest BCUT2D eigenvalue weighted by atomic mass is 10.1.